The van der Waals surface area contributed by atoms with Crippen molar-refractivity contribution >= 4 is 17.4 Å². The molecule has 0 fully saturated rings. The molecule has 0 saturated carbocycles. The van der Waals surface area contributed by atoms with Crippen molar-refractivity contribution in [1.29, 1.82) is 0 Å². The van der Waals surface area contributed by atoms with Crippen LogP contribution in [0.4, 0.5) is 0 Å². The molecular formula is C26H27NO3. The van der Waals surface area contributed by atoms with Gasteiger partial charge in [0.05, 0.1) is 17.9 Å². The Kier molecular flexibility index (Phi) is 4.89. The molecule has 2 aliphatic rings. The molecule has 0 amide bonds. The molecule has 1 aliphatic carbocycles. The molecule has 2 aromatic carbocycles. The van der Waals surface area contributed by atoms with Gasteiger partial charge in [-0.3, -0.25) is 4.79 Å². The van der Waals surface area contributed by atoms with Gasteiger partial charge in [0.25, 0.3) is 0 Å². The Balaban J connectivity index is 1.89. The lowest BCUT2D eigenvalue weighted by Gasteiger charge is -2.29. The van der Waals surface area contributed by atoms with E-state index in [9.17, 15) is 9.59 Å². The smallest absolute Gasteiger partial charge is 0.336 e. The fraction of sp³-hybridized carbons (Fsp3) is 0.308. The van der Waals surface area contributed by atoms with Crippen LogP contribution in [0.2, 0.25) is 0 Å². The molecule has 2 aromatic rings. The van der Waals surface area contributed by atoms with Gasteiger partial charge in [-0.2, -0.15) is 0 Å². The summed E-state index contributed by atoms with van der Waals surface area (Å²) in [7, 11) is 0. The molecule has 30 heavy (non-hydrogen) atoms. The fourth-order valence-corrected chi connectivity index (χ4v) is 4.32. The average Bonchev–Trinajstić information content (AvgIpc) is 2.99. The lowest BCUT2D eigenvalue weighted by atomic mass is 9.78. The van der Waals surface area contributed by atoms with Crippen LogP contribution < -0.4 is 5.32 Å². The summed E-state index contributed by atoms with van der Waals surface area (Å²) in [5.74, 6) is -0.885. The van der Waals surface area contributed by atoms with E-state index in [1.54, 1.807) is 6.92 Å². The summed E-state index contributed by atoms with van der Waals surface area (Å²) >= 11 is 0. The predicted octanol–water partition coefficient (Wildman–Crippen LogP) is 5.12. The van der Waals surface area contributed by atoms with Gasteiger partial charge in [-0.25, -0.2) is 4.79 Å². The Morgan fingerprint density at radius 3 is 2.27 bits per heavy atom. The van der Waals surface area contributed by atoms with Crippen LogP contribution in [0, 0.1) is 0 Å². The van der Waals surface area contributed by atoms with Crippen LogP contribution in [-0.4, -0.2) is 18.4 Å². The number of ether oxygens (including phenoxy) is 1. The zero-order valence-electron chi connectivity index (χ0n) is 18.1. The first-order valence-electron chi connectivity index (χ1n) is 10.4. The van der Waals surface area contributed by atoms with Gasteiger partial charge in [0.2, 0.25) is 0 Å². The number of benzene rings is 2. The average molecular weight is 402 g/mol. The lowest BCUT2D eigenvalue weighted by molar-refractivity contribution is -0.138. The van der Waals surface area contributed by atoms with Crippen molar-refractivity contribution in [3.8, 4) is 0 Å². The number of Topliss-reactive ketones (excluding diaryl/α,β-unsaturated/α-hetero) is 1. The molecule has 0 unspecified atom stereocenters. The SMILES string of the molecule is CCOC(=O)C1=C(C)NC2=C(C(=O)c3ccccc32)[C@@H]1c1ccc(C(C)(C)C)cc1. The van der Waals surface area contributed by atoms with E-state index in [0.717, 1.165) is 22.5 Å². The van der Waals surface area contributed by atoms with Crippen LogP contribution in [-0.2, 0) is 14.9 Å². The van der Waals surface area contributed by atoms with E-state index in [0.29, 0.717) is 16.7 Å². The third kappa shape index (κ3) is 3.17. The van der Waals surface area contributed by atoms with Gasteiger partial charge < -0.3 is 10.1 Å². The molecule has 1 N–H and O–H groups in total. The first-order chi connectivity index (χ1) is 14.2. The Morgan fingerprint density at radius 1 is 1.03 bits per heavy atom. The number of rotatable bonds is 3. The van der Waals surface area contributed by atoms with Crippen LogP contribution in [0.3, 0.4) is 0 Å². The van der Waals surface area contributed by atoms with E-state index in [1.165, 1.54) is 5.56 Å². The van der Waals surface area contributed by atoms with Crippen LogP contribution in [0.25, 0.3) is 5.70 Å². The summed E-state index contributed by atoms with van der Waals surface area (Å²) in [5.41, 5.74) is 6.34. The summed E-state index contributed by atoms with van der Waals surface area (Å²) in [6.07, 6.45) is 0. The molecule has 0 radical (unpaired) electrons. The standard InChI is InChI=1S/C26H27NO3/c1-6-30-25(29)20-15(2)27-23-18-9-7-8-10-19(18)24(28)22(23)21(20)16-11-13-17(14-12-16)26(3,4)5/h7-14,21,27H,6H2,1-5H3/t21-/m1/s1. The van der Waals surface area contributed by atoms with Crippen molar-refractivity contribution in [2.45, 2.75) is 46.0 Å². The van der Waals surface area contributed by atoms with Crippen LogP contribution in [0.1, 0.15) is 67.6 Å². The van der Waals surface area contributed by atoms with E-state index in [4.69, 9.17) is 4.74 Å². The highest BCUT2D eigenvalue weighted by Crippen LogP contribution is 2.46. The molecule has 4 rings (SSSR count). The second-order valence-electron chi connectivity index (χ2n) is 8.85. The minimum atomic E-state index is -0.464. The van der Waals surface area contributed by atoms with Crippen LogP contribution in [0.5, 0.6) is 0 Å². The molecule has 0 spiro atoms. The molecule has 4 heteroatoms. The van der Waals surface area contributed by atoms with E-state index in [-0.39, 0.29) is 23.8 Å². The van der Waals surface area contributed by atoms with Crippen molar-refractivity contribution < 1.29 is 14.3 Å². The zero-order valence-corrected chi connectivity index (χ0v) is 18.1. The fourth-order valence-electron chi connectivity index (χ4n) is 4.32. The lowest BCUT2D eigenvalue weighted by Crippen LogP contribution is -2.29. The Bertz CT molecular complexity index is 1100. The molecule has 0 aromatic heterocycles. The van der Waals surface area contributed by atoms with E-state index < -0.39 is 5.92 Å². The first kappa shape index (κ1) is 20.1. The molecule has 0 bridgehead atoms. The van der Waals surface area contributed by atoms with Gasteiger partial charge in [0.1, 0.15) is 0 Å². The topological polar surface area (TPSA) is 55.4 Å². The first-order valence-corrected chi connectivity index (χ1v) is 10.4. The van der Waals surface area contributed by atoms with Crippen molar-refractivity contribution in [1.82, 2.24) is 5.32 Å². The number of dihydropyridines is 1. The van der Waals surface area contributed by atoms with Gasteiger partial charge in [0, 0.05) is 28.3 Å². The number of nitrogens with one attached hydrogen (secondary N) is 1. The summed E-state index contributed by atoms with van der Waals surface area (Å²) in [5, 5.41) is 3.33. The van der Waals surface area contributed by atoms with Crippen LogP contribution in [0.15, 0.2) is 65.4 Å². The van der Waals surface area contributed by atoms with Gasteiger partial charge in [0.15, 0.2) is 5.78 Å². The Morgan fingerprint density at radius 2 is 1.67 bits per heavy atom. The summed E-state index contributed by atoms with van der Waals surface area (Å²) in [4.78, 5) is 26.3. The van der Waals surface area contributed by atoms with Gasteiger partial charge in [-0.1, -0.05) is 69.3 Å². The number of hydrogen-bond acceptors (Lipinski definition) is 4. The summed E-state index contributed by atoms with van der Waals surface area (Å²) in [6.45, 7) is 10.4. The van der Waals surface area contributed by atoms with Crippen molar-refractivity contribution in [2.24, 2.45) is 0 Å². The summed E-state index contributed by atoms with van der Waals surface area (Å²) < 4.78 is 5.37. The van der Waals surface area contributed by atoms with E-state index >= 15 is 0 Å². The number of ketones is 1. The monoisotopic (exact) mass is 401 g/mol. The number of carbonyl (C=O) groups excluding carboxylic acids is 2. The van der Waals surface area contributed by atoms with Crippen molar-refractivity contribution in [3.63, 3.8) is 0 Å². The van der Waals surface area contributed by atoms with Gasteiger partial charge in [-0.05, 0) is 30.4 Å². The molecular weight excluding hydrogens is 374 g/mol. The highest BCUT2D eigenvalue weighted by Gasteiger charge is 2.42. The van der Waals surface area contributed by atoms with E-state index in [2.05, 4.69) is 38.2 Å². The second kappa shape index (κ2) is 7.28. The van der Waals surface area contributed by atoms with Crippen LogP contribution >= 0.6 is 0 Å². The second-order valence-corrected chi connectivity index (χ2v) is 8.85. The Labute approximate surface area is 177 Å². The maximum absolute atomic E-state index is 13.4. The molecule has 4 nitrogen and oxygen atoms in total. The molecule has 1 atom stereocenters. The highest BCUT2D eigenvalue weighted by atomic mass is 16.5. The molecule has 1 heterocycles. The molecule has 1 aliphatic heterocycles. The highest BCUT2D eigenvalue weighted by molar-refractivity contribution is 6.23. The number of allylic oxidation sites excluding steroid dienone is 2. The van der Waals surface area contributed by atoms with Crippen molar-refractivity contribution in [2.75, 3.05) is 6.61 Å². The Hall–Kier alpha value is -3.14. The van der Waals surface area contributed by atoms with Crippen molar-refractivity contribution in [3.05, 3.63) is 87.6 Å². The maximum atomic E-state index is 13.4. The number of hydrogen-bond donors (Lipinski definition) is 1. The largest absolute Gasteiger partial charge is 0.463 e. The minimum Gasteiger partial charge on any atom is -0.463 e. The quantitative estimate of drug-likeness (QED) is 0.726. The molecule has 154 valence electrons. The molecule has 0 saturated heterocycles. The third-order valence-electron chi connectivity index (χ3n) is 5.85. The normalized spacial score (nSPS) is 18.2. The number of carbonyl (C=O) groups is 2. The zero-order chi connectivity index (χ0) is 21.6. The summed E-state index contributed by atoms with van der Waals surface area (Å²) in [6, 6.07) is 15.8. The van der Waals surface area contributed by atoms with Gasteiger partial charge >= 0.3 is 5.97 Å². The number of esters is 1. The minimum absolute atomic E-state index is 0.0201. The predicted molar refractivity (Wildman–Crippen MR) is 118 cm³/mol. The number of fused-ring (bicyclic) bond motifs is 2. The third-order valence-corrected chi connectivity index (χ3v) is 5.85. The maximum Gasteiger partial charge on any atom is 0.336 e. The van der Waals surface area contributed by atoms with E-state index in [1.807, 2.05) is 43.3 Å². The van der Waals surface area contributed by atoms with Gasteiger partial charge in [-0.15, -0.1) is 0 Å².